The molecule has 194 valence electrons. The predicted octanol–water partition coefficient (Wildman–Crippen LogP) is -6.70. The molecule has 0 saturated carbocycles. The molecule has 0 bridgehead atoms. The third-order valence-electron chi connectivity index (χ3n) is 5.60. The molecule has 0 aromatic carbocycles. The Morgan fingerprint density at radius 1 is 0.879 bits per heavy atom. The van der Waals surface area contributed by atoms with E-state index in [1.54, 1.807) is 0 Å². The molecule has 0 spiro atoms. The molecular formula is C18H32O15. The van der Waals surface area contributed by atoms with Gasteiger partial charge in [-0.05, 0) is 6.92 Å². The Morgan fingerprint density at radius 2 is 1.52 bits per heavy atom. The van der Waals surface area contributed by atoms with E-state index < -0.39 is 99.0 Å². The average molecular weight is 488 g/mol. The summed E-state index contributed by atoms with van der Waals surface area (Å²) in [4.78, 5) is 10.8. The fraction of sp³-hybridized carbons (Fsp3) is 0.944. The highest BCUT2D eigenvalue weighted by Crippen LogP contribution is 2.30. The Bertz CT molecular complexity index is 609. The first-order valence-corrected chi connectivity index (χ1v) is 10.2. The molecule has 2 rings (SSSR count). The highest BCUT2D eigenvalue weighted by molar-refractivity contribution is 5.56. The zero-order chi connectivity index (χ0) is 25.0. The molecule has 15 nitrogen and oxygen atoms in total. The lowest BCUT2D eigenvalue weighted by molar-refractivity contribution is -0.366. The van der Waals surface area contributed by atoms with E-state index in [0.29, 0.717) is 0 Å². The predicted molar refractivity (Wildman–Crippen MR) is 101 cm³/mol. The maximum atomic E-state index is 10.8. The van der Waals surface area contributed by atoms with Gasteiger partial charge in [-0.15, -0.1) is 0 Å². The third-order valence-corrected chi connectivity index (χ3v) is 5.60. The number of aliphatic hydroxyl groups excluding tert-OH is 10. The summed E-state index contributed by atoms with van der Waals surface area (Å²) in [6.07, 6.45) is -24.2. The highest BCUT2D eigenvalue weighted by Gasteiger charge is 2.51. The summed E-state index contributed by atoms with van der Waals surface area (Å²) < 4.78 is 21.2. The monoisotopic (exact) mass is 488 g/mol. The number of aliphatic hydroxyl groups is 10. The van der Waals surface area contributed by atoms with Gasteiger partial charge < -0.3 is 74.8 Å². The zero-order valence-electron chi connectivity index (χ0n) is 17.6. The number of hydrogen-bond acceptors (Lipinski definition) is 15. The minimum Gasteiger partial charge on any atom is -0.394 e. The van der Waals surface area contributed by atoms with Crippen LogP contribution in [0.25, 0.3) is 0 Å². The van der Waals surface area contributed by atoms with Crippen LogP contribution in [-0.4, -0.2) is 156 Å². The summed E-state index contributed by atoms with van der Waals surface area (Å²) in [5.41, 5.74) is 0. The van der Waals surface area contributed by atoms with Gasteiger partial charge in [0.1, 0.15) is 67.1 Å². The number of aldehydes is 1. The smallest absolute Gasteiger partial charge is 0.187 e. The fourth-order valence-electron chi connectivity index (χ4n) is 3.54. The second kappa shape index (κ2) is 12.2. The van der Waals surface area contributed by atoms with Crippen molar-refractivity contribution in [2.24, 2.45) is 0 Å². The van der Waals surface area contributed by atoms with E-state index in [1.165, 1.54) is 6.92 Å². The normalized spacial score (nSPS) is 43.5. The first-order valence-electron chi connectivity index (χ1n) is 10.2. The Morgan fingerprint density at radius 3 is 2.06 bits per heavy atom. The lowest BCUT2D eigenvalue weighted by atomic mass is 9.97. The summed E-state index contributed by atoms with van der Waals surface area (Å²) in [5, 5.41) is 99.3. The Kier molecular flexibility index (Phi) is 10.5. The van der Waals surface area contributed by atoms with Crippen molar-refractivity contribution in [1.29, 1.82) is 0 Å². The highest BCUT2D eigenvalue weighted by atomic mass is 16.7. The molecule has 0 amide bonds. The third kappa shape index (κ3) is 6.22. The molecule has 0 unspecified atom stereocenters. The number of rotatable bonds is 10. The van der Waals surface area contributed by atoms with Gasteiger partial charge in [-0.3, -0.25) is 0 Å². The van der Waals surface area contributed by atoms with Gasteiger partial charge in [-0.1, -0.05) is 0 Å². The second-order valence-electron chi connectivity index (χ2n) is 7.96. The van der Waals surface area contributed by atoms with E-state index in [4.69, 9.17) is 18.9 Å². The molecule has 2 heterocycles. The van der Waals surface area contributed by atoms with Crippen LogP contribution >= 0.6 is 0 Å². The van der Waals surface area contributed by atoms with Crippen LogP contribution in [0, 0.1) is 0 Å². The average Bonchev–Trinajstić information content (AvgIpc) is 2.81. The topological polar surface area (TPSA) is 256 Å². The van der Waals surface area contributed by atoms with Crippen LogP contribution in [-0.2, 0) is 23.7 Å². The van der Waals surface area contributed by atoms with E-state index in [1.807, 2.05) is 0 Å². The van der Waals surface area contributed by atoms with Gasteiger partial charge in [0.25, 0.3) is 0 Å². The summed E-state index contributed by atoms with van der Waals surface area (Å²) in [5.74, 6) is 0. The number of carbonyl (C=O) groups is 1. The van der Waals surface area contributed by atoms with E-state index in [0.717, 1.165) is 0 Å². The van der Waals surface area contributed by atoms with E-state index in [9.17, 15) is 55.9 Å². The Hall–Kier alpha value is -0.890. The Balaban J connectivity index is 2.24. The summed E-state index contributed by atoms with van der Waals surface area (Å²) in [6, 6.07) is 0. The van der Waals surface area contributed by atoms with Crippen molar-refractivity contribution >= 4 is 6.29 Å². The van der Waals surface area contributed by atoms with E-state index in [-0.39, 0.29) is 6.29 Å². The van der Waals surface area contributed by atoms with Gasteiger partial charge in [0, 0.05) is 0 Å². The minimum atomic E-state index is -2.07. The van der Waals surface area contributed by atoms with Gasteiger partial charge in [0.05, 0.1) is 19.3 Å². The SMILES string of the molecule is C[C@@H]1O[C@@H](O[C@H]2[C@@H](O)[C@@H](CO)O[C@@H](O[C@@H]([C@H](O)[C@@H](O)C=O)[C@H](O)CO)[C@@H]2O)[C@@H](O)[C@H](O)[C@@H]1O. The van der Waals surface area contributed by atoms with Gasteiger partial charge in [-0.2, -0.15) is 0 Å². The minimum absolute atomic E-state index is 0.0574. The van der Waals surface area contributed by atoms with Gasteiger partial charge >= 0.3 is 0 Å². The van der Waals surface area contributed by atoms with Crippen LogP contribution in [0.5, 0.6) is 0 Å². The fourth-order valence-corrected chi connectivity index (χ4v) is 3.54. The molecule has 2 aliphatic rings. The molecule has 0 aromatic heterocycles. The number of ether oxygens (including phenoxy) is 4. The molecule has 2 aliphatic heterocycles. The van der Waals surface area contributed by atoms with Crippen molar-refractivity contribution in [2.45, 2.75) is 92.8 Å². The molecular weight excluding hydrogens is 456 g/mol. The van der Waals surface area contributed by atoms with Crippen molar-refractivity contribution in [3.63, 3.8) is 0 Å². The molecule has 15 heteroatoms. The summed E-state index contributed by atoms with van der Waals surface area (Å²) >= 11 is 0. The first kappa shape index (κ1) is 28.3. The quantitative estimate of drug-likeness (QED) is 0.128. The van der Waals surface area contributed by atoms with E-state index >= 15 is 0 Å². The van der Waals surface area contributed by atoms with Crippen LogP contribution in [0.2, 0.25) is 0 Å². The van der Waals surface area contributed by atoms with Crippen molar-refractivity contribution in [3.05, 3.63) is 0 Å². The zero-order valence-corrected chi connectivity index (χ0v) is 17.6. The number of carbonyl (C=O) groups excluding carboxylic acids is 1. The molecule has 0 aliphatic carbocycles. The van der Waals surface area contributed by atoms with Crippen molar-refractivity contribution < 1.29 is 74.8 Å². The van der Waals surface area contributed by atoms with Crippen LogP contribution in [0.4, 0.5) is 0 Å². The molecule has 2 fully saturated rings. The van der Waals surface area contributed by atoms with Gasteiger partial charge in [-0.25, -0.2) is 0 Å². The van der Waals surface area contributed by atoms with Crippen LogP contribution in [0.1, 0.15) is 6.92 Å². The maximum absolute atomic E-state index is 10.8. The number of hydrogen-bond donors (Lipinski definition) is 10. The Labute approximate surface area is 187 Å². The van der Waals surface area contributed by atoms with Crippen molar-refractivity contribution in [2.75, 3.05) is 13.2 Å². The second-order valence-corrected chi connectivity index (χ2v) is 7.96. The van der Waals surface area contributed by atoms with E-state index in [2.05, 4.69) is 0 Å². The summed E-state index contributed by atoms with van der Waals surface area (Å²) in [7, 11) is 0. The molecule has 33 heavy (non-hydrogen) atoms. The van der Waals surface area contributed by atoms with Crippen LogP contribution in [0.3, 0.4) is 0 Å². The standard InChI is InChI=1S/C18H32O15/c1-5-9(24)12(27)13(28)17(30-5)33-16-11(26)8(4-21)31-18(14(16)29)32-15(7(23)3-20)10(25)6(22)2-19/h2,5-18,20-29H,3-4H2,1H3/t5-,6-,7+,8+,9+,10+,11-,12+,13-,14+,15+,16-,17-,18-/m0/s1. The first-order chi connectivity index (χ1) is 15.5. The summed E-state index contributed by atoms with van der Waals surface area (Å²) in [6.45, 7) is -0.440. The maximum Gasteiger partial charge on any atom is 0.187 e. The lowest BCUT2D eigenvalue weighted by Crippen LogP contribution is -2.65. The molecule has 0 aromatic rings. The molecule has 14 atom stereocenters. The van der Waals surface area contributed by atoms with Crippen molar-refractivity contribution in [3.8, 4) is 0 Å². The molecule has 0 radical (unpaired) electrons. The lowest BCUT2D eigenvalue weighted by Gasteiger charge is -2.46. The largest absolute Gasteiger partial charge is 0.394 e. The van der Waals surface area contributed by atoms with Crippen molar-refractivity contribution in [1.82, 2.24) is 0 Å². The van der Waals surface area contributed by atoms with Gasteiger partial charge in [0.2, 0.25) is 0 Å². The van der Waals surface area contributed by atoms with Crippen LogP contribution < -0.4 is 0 Å². The van der Waals surface area contributed by atoms with Gasteiger partial charge in [0.15, 0.2) is 18.9 Å². The molecule has 2 saturated heterocycles. The molecule has 10 N–H and O–H groups in total. The van der Waals surface area contributed by atoms with Crippen LogP contribution in [0.15, 0.2) is 0 Å².